The summed E-state index contributed by atoms with van der Waals surface area (Å²) in [6, 6.07) is 4.55. The summed E-state index contributed by atoms with van der Waals surface area (Å²) in [6.45, 7) is 3.61. The number of carbonyl (C=O) groups is 1. The quantitative estimate of drug-likeness (QED) is 0.526. The van der Waals surface area contributed by atoms with E-state index in [2.05, 4.69) is 15.3 Å². The number of amides is 1. The van der Waals surface area contributed by atoms with Gasteiger partial charge in [0.1, 0.15) is 5.82 Å². The zero-order chi connectivity index (χ0) is 23.7. The van der Waals surface area contributed by atoms with Gasteiger partial charge in [-0.2, -0.15) is 0 Å². The fourth-order valence-electron chi connectivity index (χ4n) is 4.30. The molecule has 1 unspecified atom stereocenters. The fourth-order valence-corrected chi connectivity index (χ4v) is 4.83. The summed E-state index contributed by atoms with van der Waals surface area (Å²) >= 11 is 12.1. The minimum Gasteiger partial charge on any atom is -0.325 e. The molecule has 3 heterocycles. The topological polar surface area (TPSA) is 105 Å². The Balaban J connectivity index is 1.60. The number of nitrogens with one attached hydrogen (secondary N) is 2. The van der Waals surface area contributed by atoms with E-state index in [9.17, 15) is 14.4 Å². The minimum absolute atomic E-state index is 0.151. The van der Waals surface area contributed by atoms with E-state index >= 15 is 0 Å². The molecule has 9 nitrogen and oxygen atoms in total. The van der Waals surface area contributed by atoms with Crippen LogP contribution in [0.2, 0.25) is 10.0 Å². The van der Waals surface area contributed by atoms with Crippen LogP contribution in [0.15, 0.2) is 27.8 Å². The van der Waals surface area contributed by atoms with Gasteiger partial charge in [0, 0.05) is 29.3 Å². The maximum Gasteiger partial charge on any atom is 0.330 e. The highest BCUT2D eigenvalue weighted by atomic mass is 35.5. The molecule has 2 aromatic heterocycles. The molecule has 1 aliphatic heterocycles. The number of halogens is 2. The Labute approximate surface area is 200 Å². The number of fused-ring (bicyclic) bond motifs is 1. The molecule has 1 aromatic carbocycles. The third-order valence-electron chi connectivity index (χ3n) is 5.98. The van der Waals surface area contributed by atoms with Crippen LogP contribution in [0, 0.1) is 0 Å². The standard InChI is InChI=1S/C22H26Cl2N6O3/c1-3-4-8-30-19-18(21(32)27-22(30)33)28(2)17(26-19)12-29-7-5-6-16(29)20(31)25-15-10-13(23)9-14(24)11-15/h9-11,16H,3-8,12H2,1-2H3,(H,25,31)(H,27,32,33). The lowest BCUT2D eigenvalue weighted by Crippen LogP contribution is -2.39. The van der Waals surface area contributed by atoms with Gasteiger partial charge in [0.15, 0.2) is 11.2 Å². The molecule has 0 radical (unpaired) electrons. The van der Waals surface area contributed by atoms with Gasteiger partial charge in [0.05, 0.1) is 12.6 Å². The number of aryl methyl sites for hydroxylation is 2. The number of benzene rings is 1. The highest BCUT2D eigenvalue weighted by Crippen LogP contribution is 2.25. The van der Waals surface area contributed by atoms with Crippen molar-refractivity contribution >= 4 is 46.0 Å². The van der Waals surface area contributed by atoms with Gasteiger partial charge in [-0.15, -0.1) is 0 Å². The SMILES string of the molecule is CCCCn1c(=O)[nH]c(=O)c2c1nc(CN1CCCC1C(=O)Nc1cc(Cl)cc(Cl)c1)n2C. The second kappa shape index (κ2) is 9.70. The molecule has 1 atom stereocenters. The highest BCUT2D eigenvalue weighted by molar-refractivity contribution is 6.35. The number of aromatic amines is 1. The van der Waals surface area contributed by atoms with Gasteiger partial charge in [-0.25, -0.2) is 9.78 Å². The number of likely N-dealkylation sites (tertiary alicyclic amines) is 1. The van der Waals surface area contributed by atoms with Crippen LogP contribution in [0.1, 0.15) is 38.4 Å². The van der Waals surface area contributed by atoms with E-state index < -0.39 is 11.2 Å². The lowest BCUT2D eigenvalue weighted by molar-refractivity contribution is -0.120. The van der Waals surface area contributed by atoms with E-state index in [-0.39, 0.29) is 11.9 Å². The van der Waals surface area contributed by atoms with Crippen LogP contribution in [0.25, 0.3) is 11.2 Å². The third-order valence-corrected chi connectivity index (χ3v) is 6.42. The summed E-state index contributed by atoms with van der Waals surface area (Å²) in [6.07, 6.45) is 3.27. The predicted octanol–water partition coefficient (Wildman–Crippen LogP) is 3.13. The number of carbonyl (C=O) groups excluding carboxylic acids is 1. The van der Waals surface area contributed by atoms with E-state index in [0.29, 0.717) is 52.2 Å². The van der Waals surface area contributed by atoms with Crippen molar-refractivity contribution in [1.82, 2.24) is 24.0 Å². The van der Waals surface area contributed by atoms with Crippen molar-refractivity contribution in [3.63, 3.8) is 0 Å². The second-order valence-electron chi connectivity index (χ2n) is 8.30. The average Bonchev–Trinajstić information content (AvgIpc) is 3.32. The number of hydrogen-bond acceptors (Lipinski definition) is 5. The second-order valence-corrected chi connectivity index (χ2v) is 9.17. The van der Waals surface area contributed by atoms with Crippen molar-refractivity contribution in [3.8, 4) is 0 Å². The molecule has 1 aliphatic rings. The van der Waals surface area contributed by atoms with Crippen LogP contribution >= 0.6 is 23.2 Å². The molecule has 33 heavy (non-hydrogen) atoms. The Morgan fingerprint density at radius 1 is 1.24 bits per heavy atom. The molecular weight excluding hydrogens is 467 g/mol. The minimum atomic E-state index is -0.461. The average molecular weight is 493 g/mol. The third kappa shape index (κ3) is 4.85. The van der Waals surface area contributed by atoms with Crippen molar-refractivity contribution in [1.29, 1.82) is 0 Å². The van der Waals surface area contributed by atoms with Crippen LogP contribution in [-0.4, -0.2) is 42.5 Å². The molecule has 11 heteroatoms. The fraction of sp³-hybridized carbons (Fsp3) is 0.455. The summed E-state index contributed by atoms with van der Waals surface area (Å²) in [5.74, 6) is 0.471. The van der Waals surface area contributed by atoms with Gasteiger partial charge in [0.25, 0.3) is 5.56 Å². The molecule has 2 N–H and O–H groups in total. The Morgan fingerprint density at radius 2 is 1.97 bits per heavy atom. The summed E-state index contributed by atoms with van der Waals surface area (Å²) in [7, 11) is 1.76. The van der Waals surface area contributed by atoms with Crippen molar-refractivity contribution in [2.24, 2.45) is 7.05 Å². The van der Waals surface area contributed by atoms with Gasteiger partial charge in [0.2, 0.25) is 5.91 Å². The number of nitrogens with zero attached hydrogens (tertiary/aromatic N) is 4. The Hall–Kier alpha value is -2.62. The maximum atomic E-state index is 13.0. The van der Waals surface area contributed by atoms with E-state index in [0.717, 1.165) is 25.8 Å². The molecule has 0 aliphatic carbocycles. The number of hydrogen-bond donors (Lipinski definition) is 2. The number of anilines is 1. The summed E-state index contributed by atoms with van der Waals surface area (Å²) < 4.78 is 3.22. The summed E-state index contributed by atoms with van der Waals surface area (Å²) in [5, 5.41) is 3.78. The van der Waals surface area contributed by atoms with Gasteiger partial charge in [-0.3, -0.25) is 24.0 Å². The van der Waals surface area contributed by atoms with Crippen molar-refractivity contribution < 1.29 is 4.79 Å². The predicted molar refractivity (Wildman–Crippen MR) is 129 cm³/mol. The van der Waals surface area contributed by atoms with E-state index in [1.54, 1.807) is 29.8 Å². The van der Waals surface area contributed by atoms with Crippen LogP contribution in [0.5, 0.6) is 0 Å². The first-order valence-corrected chi connectivity index (χ1v) is 11.7. The van der Waals surface area contributed by atoms with Crippen molar-refractivity contribution in [3.05, 3.63) is 54.9 Å². The lowest BCUT2D eigenvalue weighted by atomic mass is 10.2. The van der Waals surface area contributed by atoms with Crippen LogP contribution in [0.3, 0.4) is 0 Å². The molecule has 3 aromatic rings. The van der Waals surface area contributed by atoms with E-state index in [4.69, 9.17) is 23.2 Å². The van der Waals surface area contributed by atoms with Gasteiger partial charge < -0.3 is 9.88 Å². The molecule has 4 rings (SSSR count). The Kier molecular flexibility index (Phi) is 6.92. The molecule has 0 bridgehead atoms. The molecule has 0 saturated carbocycles. The van der Waals surface area contributed by atoms with Gasteiger partial charge in [-0.1, -0.05) is 36.5 Å². The molecule has 1 fully saturated rings. The molecule has 0 spiro atoms. The zero-order valence-corrected chi connectivity index (χ0v) is 20.0. The first-order valence-electron chi connectivity index (χ1n) is 11.0. The van der Waals surface area contributed by atoms with Gasteiger partial charge >= 0.3 is 5.69 Å². The van der Waals surface area contributed by atoms with Crippen molar-refractivity contribution in [2.45, 2.75) is 51.7 Å². The smallest absolute Gasteiger partial charge is 0.325 e. The summed E-state index contributed by atoms with van der Waals surface area (Å²) in [4.78, 5) is 46.9. The van der Waals surface area contributed by atoms with Gasteiger partial charge in [-0.05, 0) is 44.0 Å². The van der Waals surface area contributed by atoms with Crippen LogP contribution in [0.4, 0.5) is 5.69 Å². The molecule has 1 saturated heterocycles. The first-order chi connectivity index (χ1) is 15.8. The normalized spacial score (nSPS) is 16.5. The molecular formula is C22H26Cl2N6O3. The number of aromatic nitrogens is 4. The monoisotopic (exact) mass is 492 g/mol. The lowest BCUT2D eigenvalue weighted by Gasteiger charge is -2.23. The number of H-pyrrole nitrogens is 1. The molecule has 1 amide bonds. The maximum absolute atomic E-state index is 13.0. The van der Waals surface area contributed by atoms with Crippen molar-refractivity contribution in [2.75, 3.05) is 11.9 Å². The number of imidazole rings is 1. The number of unbranched alkanes of at least 4 members (excludes halogenated alkanes) is 1. The first kappa shape index (κ1) is 23.5. The van der Waals surface area contributed by atoms with E-state index in [1.165, 1.54) is 4.57 Å². The molecule has 176 valence electrons. The highest BCUT2D eigenvalue weighted by Gasteiger charge is 2.32. The van der Waals surface area contributed by atoms with Crippen LogP contribution in [-0.2, 0) is 24.9 Å². The Bertz CT molecular complexity index is 1290. The number of rotatable bonds is 7. The Morgan fingerprint density at radius 3 is 2.67 bits per heavy atom. The zero-order valence-electron chi connectivity index (χ0n) is 18.5. The summed E-state index contributed by atoms with van der Waals surface area (Å²) in [5.41, 5.74) is 0.359. The van der Waals surface area contributed by atoms with E-state index in [1.807, 2.05) is 11.8 Å². The largest absolute Gasteiger partial charge is 0.330 e. The van der Waals surface area contributed by atoms with Crippen LogP contribution < -0.4 is 16.6 Å².